The summed E-state index contributed by atoms with van der Waals surface area (Å²) >= 11 is 0. The lowest BCUT2D eigenvalue weighted by Crippen LogP contribution is -2.37. The summed E-state index contributed by atoms with van der Waals surface area (Å²) in [7, 11) is 0. The summed E-state index contributed by atoms with van der Waals surface area (Å²) in [6, 6.07) is 4.70. The first-order chi connectivity index (χ1) is 6.72. The van der Waals surface area contributed by atoms with Crippen LogP contribution in [0.5, 0.6) is 0 Å². The van der Waals surface area contributed by atoms with E-state index in [1.807, 2.05) is 0 Å². The number of anilines is 1. The molecule has 1 heteroatoms. The molecule has 0 aliphatic carbocycles. The average molecular weight is 189 g/mol. The Bertz CT molecular complexity index is 337. The number of hydrogen-bond acceptors (Lipinski definition) is 1. The molecule has 0 atom stereocenters. The third kappa shape index (κ3) is 1.52. The maximum atomic E-state index is 2.49. The van der Waals surface area contributed by atoms with Gasteiger partial charge in [-0.2, -0.15) is 0 Å². The zero-order valence-corrected chi connectivity index (χ0v) is 9.43. The lowest BCUT2D eigenvalue weighted by molar-refractivity contribution is 0.615. The molecule has 1 fully saturated rings. The van der Waals surface area contributed by atoms with E-state index in [-0.39, 0.29) is 0 Å². The van der Waals surface area contributed by atoms with Gasteiger partial charge in [0, 0.05) is 18.8 Å². The van der Waals surface area contributed by atoms with Crippen LogP contribution < -0.4 is 4.90 Å². The van der Waals surface area contributed by atoms with E-state index in [0.717, 1.165) is 6.42 Å². The Balaban J connectivity index is 2.40. The van der Waals surface area contributed by atoms with Crippen LogP contribution in [0.4, 0.5) is 5.69 Å². The Morgan fingerprint density at radius 3 is 2.29 bits per heavy atom. The first-order valence-electron chi connectivity index (χ1n) is 5.57. The minimum absolute atomic E-state index is 1.15. The van der Waals surface area contributed by atoms with Crippen molar-refractivity contribution in [3.8, 4) is 0 Å². The molecule has 1 nitrogen and oxygen atoms in total. The number of hydrogen-bond donors (Lipinski definition) is 0. The second-order valence-corrected chi connectivity index (χ2v) is 4.26. The van der Waals surface area contributed by atoms with E-state index in [2.05, 4.69) is 37.8 Å². The number of benzene rings is 1. The lowest BCUT2D eigenvalue weighted by Gasteiger charge is -2.35. The Labute approximate surface area is 86.7 Å². The van der Waals surface area contributed by atoms with E-state index < -0.39 is 0 Å². The molecular formula is C13H19N. The topological polar surface area (TPSA) is 3.24 Å². The Hall–Kier alpha value is -0.980. The largest absolute Gasteiger partial charge is 0.371 e. The Morgan fingerprint density at radius 1 is 1.14 bits per heavy atom. The normalized spacial score (nSPS) is 15.5. The highest BCUT2D eigenvalue weighted by molar-refractivity contribution is 5.58. The van der Waals surface area contributed by atoms with Crippen molar-refractivity contribution in [2.24, 2.45) is 0 Å². The van der Waals surface area contributed by atoms with Crippen LogP contribution in [0.25, 0.3) is 0 Å². The third-order valence-electron chi connectivity index (χ3n) is 3.27. The molecule has 1 aromatic carbocycles. The van der Waals surface area contributed by atoms with Gasteiger partial charge in [0.2, 0.25) is 0 Å². The van der Waals surface area contributed by atoms with Gasteiger partial charge in [0.1, 0.15) is 0 Å². The first kappa shape index (κ1) is 9.57. The van der Waals surface area contributed by atoms with Crippen LogP contribution in [-0.2, 0) is 6.42 Å². The van der Waals surface area contributed by atoms with Gasteiger partial charge in [-0.3, -0.25) is 0 Å². The van der Waals surface area contributed by atoms with E-state index in [0.29, 0.717) is 0 Å². The quantitative estimate of drug-likeness (QED) is 0.691. The van der Waals surface area contributed by atoms with Gasteiger partial charge in [0.05, 0.1) is 0 Å². The van der Waals surface area contributed by atoms with Gasteiger partial charge in [0.25, 0.3) is 0 Å². The maximum Gasteiger partial charge on any atom is 0.0401 e. The van der Waals surface area contributed by atoms with Crippen molar-refractivity contribution in [1.82, 2.24) is 0 Å². The second-order valence-electron chi connectivity index (χ2n) is 4.26. The number of nitrogens with zero attached hydrogens (tertiary/aromatic N) is 1. The minimum Gasteiger partial charge on any atom is -0.371 e. The molecule has 0 saturated carbocycles. The summed E-state index contributed by atoms with van der Waals surface area (Å²) < 4.78 is 0. The molecule has 0 amide bonds. The highest BCUT2D eigenvalue weighted by Crippen LogP contribution is 2.28. The second kappa shape index (κ2) is 3.64. The van der Waals surface area contributed by atoms with Crippen molar-refractivity contribution < 1.29 is 0 Å². The predicted molar refractivity (Wildman–Crippen MR) is 62.1 cm³/mol. The van der Waals surface area contributed by atoms with Crippen molar-refractivity contribution in [3.05, 3.63) is 28.8 Å². The molecule has 0 spiro atoms. The molecule has 1 saturated heterocycles. The first-order valence-corrected chi connectivity index (χ1v) is 5.57. The predicted octanol–water partition coefficient (Wildman–Crippen LogP) is 3.08. The Morgan fingerprint density at radius 2 is 1.79 bits per heavy atom. The molecule has 1 aliphatic heterocycles. The Kier molecular flexibility index (Phi) is 2.49. The van der Waals surface area contributed by atoms with E-state index in [4.69, 9.17) is 0 Å². The van der Waals surface area contributed by atoms with Gasteiger partial charge in [-0.25, -0.2) is 0 Å². The fourth-order valence-electron chi connectivity index (χ4n) is 2.00. The average Bonchev–Trinajstić information content (AvgIpc) is 2.08. The van der Waals surface area contributed by atoms with Gasteiger partial charge in [-0.15, -0.1) is 0 Å². The molecule has 0 radical (unpaired) electrons. The highest BCUT2D eigenvalue weighted by Gasteiger charge is 2.17. The molecule has 2 rings (SSSR count). The van der Waals surface area contributed by atoms with Crippen LogP contribution in [-0.4, -0.2) is 13.1 Å². The number of aryl methyl sites for hydroxylation is 3. The molecule has 0 aromatic heterocycles. The fourth-order valence-corrected chi connectivity index (χ4v) is 2.00. The fraction of sp³-hybridized carbons (Fsp3) is 0.538. The molecule has 0 unspecified atom stereocenters. The molecule has 1 heterocycles. The molecular weight excluding hydrogens is 170 g/mol. The van der Waals surface area contributed by atoms with Crippen molar-refractivity contribution in [3.63, 3.8) is 0 Å². The van der Waals surface area contributed by atoms with Crippen LogP contribution in [0, 0.1) is 13.8 Å². The molecule has 1 aliphatic rings. The summed E-state index contributed by atoms with van der Waals surface area (Å²) in [6.07, 6.45) is 2.50. The zero-order chi connectivity index (χ0) is 10.1. The molecule has 0 N–H and O–H groups in total. The smallest absolute Gasteiger partial charge is 0.0401 e. The number of rotatable bonds is 2. The van der Waals surface area contributed by atoms with E-state index in [9.17, 15) is 0 Å². The van der Waals surface area contributed by atoms with Gasteiger partial charge < -0.3 is 4.90 Å². The summed E-state index contributed by atoms with van der Waals surface area (Å²) in [5.74, 6) is 0. The summed E-state index contributed by atoms with van der Waals surface area (Å²) in [4.78, 5) is 2.49. The van der Waals surface area contributed by atoms with Crippen molar-refractivity contribution in [2.45, 2.75) is 33.6 Å². The lowest BCUT2D eigenvalue weighted by atomic mass is 10.00. The van der Waals surface area contributed by atoms with Gasteiger partial charge in [-0.1, -0.05) is 13.0 Å². The van der Waals surface area contributed by atoms with E-state index in [1.54, 1.807) is 0 Å². The maximum absolute atomic E-state index is 2.49. The SMILES string of the molecule is CCc1cc(C)c(C)cc1N1CCC1. The minimum atomic E-state index is 1.15. The molecule has 1 aromatic rings. The van der Waals surface area contributed by atoms with Crippen LogP contribution in [0.15, 0.2) is 12.1 Å². The van der Waals surface area contributed by atoms with Crippen molar-refractivity contribution in [2.75, 3.05) is 18.0 Å². The molecule has 14 heavy (non-hydrogen) atoms. The van der Waals surface area contributed by atoms with E-state index in [1.165, 1.54) is 41.9 Å². The highest BCUT2D eigenvalue weighted by atomic mass is 15.2. The van der Waals surface area contributed by atoms with Crippen LogP contribution >= 0.6 is 0 Å². The van der Waals surface area contributed by atoms with E-state index >= 15 is 0 Å². The monoisotopic (exact) mass is 189 g/mol. The van der Waals surface area contributed by atoms with Crippen LogP contribution in [0.3, 0.4) is 0 Å². The summed E-state index contributed by atoms with van der Waals surface area (Å²) in [5.41, 5.74) is 5.82. The standard InChI is InChI=1S/C13H19N/c1-4-12-8-10(2)11(3)9-13(12)14-6-5-7-14/h8-9H,4-7H2,1-3H3. The zero-order valence-electron chi connectivity index (χ0n) is 9.43. The van der Waals surface area contributed by atoms with Crippen LogP contribution in [0.2, 0.25) is 0 Å². The summed E-state index contributed by atoms with van der Waals surface area (Å²) in [5, 5.41) is 0. The van der Waals surface area contributed by atoms with Crippen molar-refractivity contribution in [1.29, 1.82) is 0 Å². The summed E-state index contributed by atoms with van der Waals surface area (Å²) in [6.45, 7) is 9.14. The van der Waals surface area contributed by atoms with Gasteiger partial charge in [0.15, 0.2) is 0 Å². The third-order valence-corrected chi connectivity index (χ3v) is 3.27. The van der Waals surface area contributed by atoms with Crippen molar-refractivity contribution >= 4 is 5.69 Å². The van der Waals surface area contributed by atoms with Gasteiger partial charge >= 0.3 is 0 Å². The van der Waals surface area contributed by atoms with Crippen LogP contribution in [0.1, 0.15) is 30.0 Å². The molecule has 76 valence electrons. The molecule has 0 bridgehead atoms. The van der Waals surface area contributed by atoms with Gasteiger partial charge in [-0.05, 0) is 49.4 Å².